The first kappa shape index (κ1) is 18.3. The van der Waals surface area contributed by atoms with Crippen LogP contribution in [0.15, 0.2) is 42.5 Å². The zero-order chi connectivity index (χ0) is 17.7. The Morgan fingerprint density at radius 2 is 1.79 bits per heavy atom. The minimum absolute atomic E-state index is 0.0113. The predicted molar refractivity (Wildman–Crippen MR) is 99.3 cm³/mol. The molecule has 0 aliphatic carbocycles. The van der Waals surface area contributed by atoms with Gasteiger partial charge in [-0.2, -0.15) is 0 Å². The summed E-state index contributed by atoms with van der Waals surface area (Å²) < 4.78 is -0.0113. The molecule has 24 heavy (non-hydrogen) atoms. The number of nitrogens with one attached hydrogen (secondary N) is 1. The standard InChI is InChI=1S/C19H23NO3S/c1-19(2,3)24-12-17(21)20-16(11-18(22)23)15-9-8-13-6-4-5-7-14(13)10-15/h4-10,16H,11-12H2,1-3H3,(H,20,21)(H,22,23)/t16-/m0/s1. The number of hydrogen-bond donors (Lipinski definition) is 2. The average molecular weight is 345 g/mol. The van der Waals surface area contributed by atoms with Crippen molar-refractivity contribution < 1.29 is 14.7 Å². The summed E-state index contributed by atoms with van der Waals surface area (Å²) in [5, 5.41) is 14.2. The highest BCUT2D eigenvalue weighted by molar-refractivity contribution is 8.01. The van der Waals surface area contributed by atoms with Crippen LogP contribution in [0.4, 0.5) is 0 Å². The van der Waals surface area contributed by atoms with Crippen LogP contribution in [0, 0.1) is 0 Å². The van der Waals surface area contributed by atoms with E-state index in [1.807, 2.05) is 63.2 Å². The maximum Gasteiger partial charge on any atom is 0.305 e. The molecule has 0 saturated carbocycles. The van der Waals surface area contributed by atoms with Crippen molar-refractivity contribution in [3.63, 3.8) is 0 Å². The van der Waals surface area contributed by atoms with Crippen molar-refractivity contribution in [3.05, 3.63) is 48.0 Å². The summed E-state index contributed by atoms with van der Waals surface area (Å²) in [6.07, 6.45) is -0.135. The van der Waals surface area contributed by atoms with Crippen LogP contribution >= 0.6 is 11.8 Å². The van der Waals surface area contributed by atoms with Gasteiger partial charge in [0, 0.05) is 4.75 Å². The molecular weight excluding hydrogens is 322 g/mol. The third kappa shape index (κ3) is 5.57. The zero-order valence-electron chi connectivity index (χ0n) is 14.2. The van der Waals surface area contributed by atoms with E-state index in [9.17, 15) is 14.7 Å². The van der Waals surface area contributed by atoms with Gasteiger partial charge in [-0.1, -0.05) is 57.2 Å². The van der Waals surface area contributed by atoms with Gasteiger partial charge in [0.25, 0.3) is 0 Å². The SMILES string of the molecule is CC(C)(C)SCC(=O)N[C@@H](CC(=O)O)c1ccc2ccccc2c1. The largest absolute Gasteiger partial charge is 0.481 e. The van der Waals surface area contributed by atoms with E-state index in [0.717, 1.165) is 16.3 Å². The van der Waals surface area contributed by atoms with Crippen LogP contribution in [0.2, 0.25) is 0 Å². The molecule has 1 atom stereocenters. The molecular formula is C19H23NO3S. The van der Waals surface area contributed by atoms with Crippen LogP contribution < -0.4 is 5.32 Å². The highest BCUT2D eigenvalue weighted by Gasteiger charge is 2.20. The van der Waals surface area contributed by atoms with Gasteiger partial charge in [-0.05, 0) is 22.4 Å². The second kappa shape index (κ2) is 7.71. The van der Waals surface area contributed by atoms with Crippen molar-refractivity contribution >= 4 is 34.4 Å². The Labute approximate surface area is 146 Å². The van der Waals surface area contributed by atoms with E-state index in [-0.39, 0.29) is 17.1 Å². The lowest BCUT2D eigenvalue weighted by atomic mass is 9.99. The number of aliphatic carboxylic acids is 1. The van der Waals surface area contributed by atoms with Crippen LogP contribution in [0.25, 0.3) is 10.8 Å². The molecule has 2 aromatic carbocycles. The van der Waals surface area contributed by atoms with Crippen molar-refractivity contribution in [1.82, 2.24) is 5.32 Å². The molecule has 0 aromatic heterocycles. The van der Waals surface area contributed by atoms with Gasteiger partial charge in [0.1, 0.15) is 0 Å². The number of carbonyl (C=O) groups excluding carboxylic acids is 1. The summed E-state index contributed by atoms with van der Waals surface area (Å²) in [5.41, 5.74) is 0.810. The average Bonchev–Trinajstić information content (AvgIpc) is 2.51. The monoisotopic (exact) mass is 345 g/mol. The van der Waals surface area contributed by atoms with Gasteiger partial charge >= 0.3 is 5.97 Å². The minimum atomic E-state index is -0.933. The molecule has 2 rings (SSSR count). The summed E-state index contributed by atoms with van der Waals surface area (Å²) in [4.78, 5) is 23.4. The van der Waals surface area contributed by atoms with E-state index in [0.29, 0.717) is 5.75 Å². The van der Waals surface area contributed by atoms with Crippen molar-refractivity contribution in [2.45, 2.75) is 38.0 Å². The number of fused-ring (bicyclic) bond motifs is 1. The molecule has 128 valence electrons. The van der Waals surface area contributed by atoms with Gasteiger partial charge in [0.2, 0.25) is 5.91 Å². The Morgan fingerprint density at radius 3 is 2.42 bits per heavy atom. The fourth-order valence-corrected chi connectivity index (χ4v) is 3.02. The molecule has 2 N–H and O–H groups in total. The molecule has 0 fully saturated rings. The molecule has 0 saturated heterocycles. The van der Waals surface area contributed by atoms with Crippen LogP contribution in [0.5, 0.6) is 0 Å². The Balaban J connectivity index is 2.17. The molecule has 5 heteroatoms. The van der Waals surface area contributed by atoms with Crippen molar-refractivity contribution in [2.24, 2.45) is 0 Å². The van der Waals surface area contributed by atoms with E-state index >= 15 is 0 Å². The summed E-state index contributed by atoms with van der Waals surface area (Å²) in [6.45, 7) is 6.13. The summed E-state index contributed by atoms with van der Waals surface area (Å²) in [7, 11) is 0. The molecule has 0 aliphatic heterocycles. The number of carboxylic acids is 1. The zero-order valence-corrected chi connectivity index (χ0v) is 15.0. The lowest BCUT2D eigenvalue weighted by Crippen LogP contribution is -2.32. The first-order valence-electron chi connectivity index (χ1n) is 7.88. The third-order valence-electron chi connectivity index (χ3n) is 3.53. The number of hydrogen-bond acceptors (Lipinski definition) is 3. The van der Waals surface area contributed by atoms with E-state index in [2.05, 4.69) is 5.32 Å². The molecule has 0 bridgehead atoms. The number of amides is 1. The van der Waals surface area contributed by atoms with Gasteiger partial charge < -0.3 is 10.4 Å². The molecule has 0 heterocycles. The molecule has 2 aromatic rings. The van der Waals surface area contributed by atoms with Gasteiger partial charge in [0.05, 0.1) is 18.2 Å². The maximum atomic E-state index is 12.2. The number of carbonyl (C=O) groups is 2. The fourth-order valence-electron chi connectivity index (χ4n) is 2.37. The Morgan fingerprint density at radius 1 is 1.12 bits per heavy atom. The normalized spacial score (nSPS) is 12.8. The fraction of sp³-hybridized carbons (Fsp3) is 0.368. The molecule has 1 amide bonds. The van der Waals surface area contributed by atoms with Crippen molar-refractivity contribution in [1.29, 1.82) is 0 Å². The molecule has 0 unspecified atom stereocenters. The molecule has 0 aliphatic rings. The van der Waals surface area contributed by atoms with Crippen molar-refractivity contribution in [2.75, 3.05) is 5.75 Å². The molecule has 0 radical (unpaired) electrons. The summed E-state index contributed by atoms with van der Waals surface area (Å²) in [5.74, 6) is -0.765. The number of carboxylic acid groups (broad SMARTS) is 1. The van der Waals surface area contributed by atoms with E-state index in [4.69, 9.17) is 0 Å². The van der Waals surface area contributed by atoms with Crippen molar-refractivity contribution in [3.8, 4) is 0 Å². The molecule has 4 nitrogen and oxygen atoms in total. The highest BCUT2D eigenvalue weighted by Crippen LogP contribution is 2.25. The van der Waals surface area contributed by atoms with Crippen LogP contribution in [0.1, 0.15) is 38.8 Å². The lowest BCUT2D eigenvalue weighted by molar-refractivity contribution is -0.137. The smallest absolute Gasteiger partial charge is 0.305 e. The Kier molecular flexibility index (Phi) is 5.89. The Bertz CT molecular complexity index is 737. The Hall–Kier alpha value is -2.01. The van der Waals surface area contributed by atoms with E-state index in [1.165, 1.54) is 0 Å². The lowest BCUT2D eigenvalue weighted by Gasteiger charge is -2.21. The van der Waals surface area contributed by atoms with E-state index in [1.54, 1.807) is 11.8 Å². The van der Waals surface area contributed by atoms with Gasteiger partial charge in [-0.3, -0.25) is 9.59 Å². The highest BCUT2D eigenvalue weighted by atomic mass is 32.2. The third-order valence-corrected chi connectivity index (χ3v) is 4.80. The minimum Gasteiger partial charge on any atom is -0.481 e. The van der Waals surface area contributed by atoms with Gasteiger partial charge in [-0.15, -0.1) is 11.8 Å². The van der Waals surface area contributed by atoms with Gasteiger partial charge in [0.15, 0.2) is 0 Å². The van der Waals surface area contributed by atoms with Crippen LogP contribution in [-0.4, -0.2) is 27.5 Å². The summed E-state index contributed by atoms with van der Waals surface area (Å²) >= 11 is 1.54. The number of benzene rings is 2. The van der Waals surface area contributed by atoms with Crippen LogP contribution in [-0.2, 0) is 9.59 Å². The van der Waals surface area contributed by atoms with E-state index < -0.39 is 12.0 Å². The van der Waals surface area contributed by atoms with Crippen LogP contribution in [0.3, 0.4) is 0 Å². The second-order valence-corrected chi connectivity index (χ2v) is 8.53. The first-order chi connectivity index (χ1) is 11.2. The first-order valence-corrected chi connectivity index (χ1v) is 8.87. The quantitative estimate of drug-likeness (QED) is 0.830. The molecule has 0 spiro atoms. The van der Waals surface area contributed by atoms with Gasteiger partial charge in [-0.25, -0.2) is 0 Å². The number of rotatable bonds is 6. The topological polar surface area (TPSA) is 66.4 Å². The predicted octanol–water partition coefficient (Wildman–Crippen LogP) is 4.00. The summed E-state index contributed by atoms with van der Waals surface area (Å²) in [6, 6.07) is 13.1. The number of thioether (sulfide) groups is 1. The second-order valence-electron chi connectivity index (χ2n) is 6.73. The maximum absolute atomic E-state index is 12.2.